The zero-order valence-corrected chi connectivity index (χ0v) is 11.4. The second-order valence-electron chi connectivity index (χ2n) is 6.67. The minimum atomic E-state index is 0.280. The molecule has 2 aliphatic rings. The van der Waals surface area contributed by atoms with Crippen LogP contribution in [0.15, 0.2) is 18.5 Å². The number of pyridine rings is 1. The highest BCUT2D eigenvalue weighted by Crippen LogP contribution is 2.66. The van der Waals surface area contributed by atoms with E-state index in [4.69, 9.17) is 10.5 Å². The number of hydrogen-bond acceptors (Lipinski definition) is 3. The molecule has 18 heavy (non-hydrogen) atoms. The molecule has 3 heteroatoms. The Hall–Kier alpha value is -1.25. The first-order valence-electron chi connectivity index (χ1n) is 6.81. The summed E-state index contributed by atoms with van der Waals surface area (Å²) in [5, 5.41) is 0. The molecule has 98 valence electrons. The van der Waals surface area contributed by atoms with Gasteiger partial charge in [0.15, 0.2) is 0 Å². The number of nitrogens with two attached hydrogens (primary N) is 1. The third-order valence-electron chi connectivity index (χ3n) is 5.73. The predicted octanol–water partition coefficient (Wildman–Crippen LogP) is 3.26. The molecule has 1 aromatic rings. The molecule has 0 saturated heterocycles. The standard InChI is InChI=1S/C15H22N2O/c1-14(2)10-4-5-15(14,3)13(6-10)18-12-7-11(16)8-17-9-12/h7-10,13H,4-6,16H2,1-3H3. The van der Waals surface area contributed by atoms with Crippen LogP contribution in [0.4, 0.5) is 5.69 Å². The number of ether oxygens (including phenoxy) is 1. The van der Waals surface area contributed by atoms with Gasteiger partial charge < -0.3 is 10.5 Å². The molecular weight excluding hydrogens is 224 g/mol. The van der Waals surface area contributed by atoms with Crippen LogP contribution in [0.5, 0.6) is 5.75 Å². The van der Waals surface area contributed by atoms with Crippen LogP contribution in [0, 0.1) is 16.7 Å². The number of fused-ring (bicyclic) bond motifs is 2. The van der Waals surface area contributed by atoms with Gasteiger partial charge in [-0.1, -0.05) is 20.8 Å². The highest BCUT2D eigenvalue weighted by atomic mass is 16.5. The SMILES string of the molecule is CC1(C)C2CCC1(C)C(Oc1cncc(N)c1)C2. The molecule has 0 amide bonds. The lowest BCUT2D eigenvalue weighted by Crippen LogP contribution is -2.38. The van der Waals surface area contributed by atoms with Gasteiger partial charge in [0.25, 0.3) is 0 Å². The van der Waals surface area contributed by atoms with Crippen LogP contribution >= 0.6 is 0 Å². The first kappa shape index (κ1) is 11.8. The van der Waals surface area contributed by atoms with Gasteiger partial charge in [0, 0.05) is 11.5 Å². The second kappa shape index (κ2) is 3.62. The molecule has 3 rings (SSSR count). The predicted molar refractivity (Wildman–Crippen MR) is 72.3 cm³/mol. The summed E-state index contributed by atoms with van der Waals surface area (Å²) in [6.45, 7) is 7.17. The summed E-state index contributed by atoms with van der Waals surface area (Å²) in [5.74, 6) is 1.60. The van der Waals surface area contributed by atoms with Crippen molar-refractivity contribution in [2.24, 2.45) is 16.7 Å². The molecule has 0 spiro atoms. The summed E-state index contributed by atoms with van der Waals surface area (Å²) >= 11 is 0. The maximum Gasteiger partial charge on any atom is 0.140 e. The van der Waals surface area contributed by atoms with Gasteiger partial charge in [0.05, 0.1) is 18.1 Å². The Balaban J connectivity index is 1.84. The molecule has 3 nitrogen and oxygen atoms in total. The molecule has 2 saturated carbocycles. The average Bonchev–Trinajstić information content (AvgIpc) is 2.62. The van der Waals surface area contributed by atoms with E-state index >= 15 is 0 Å². The van der Waals surface area contributed by atoms with E-state index < -0.39 is 0 Å². The summed E-state index contributed by atoms with van der Waals surface area (Å²) in [7, 11) is 0. The first-order chi connectivity index (χ1) is 8.43. The zero-order valence-electron chi connectivity index (χ0n) is 11.4. The Kier molecular flexibility index (Phi) is 2.38. The minimum Gasteiger partial charge on any atom is -0.488 e. The zero-order chi connectivity index (χ0) is 13.0. The molecule has 0 radical (unpaired) electrons. The molecular formula is C15H22N2O. The van der Waals surface area contributed by atoms with E-state index in [2.05, 4.69) is 25.8 Å². The van der Waals surface area contributed by atoms with Gasteiger partial charge in [-0.2, -0.15) is 0 Å². The van der Waals surface area contributed by atoms with Crippen LogP contribution in [0.3, 0.4) is 0 Å². The van der Waals surface area contributed by atoms with Crippen LogP contribution in [-0.4, -0.2) is 11.1 Å². The summed E-state index contributed by atoms with van der Waals surface area (Å²) in [6.07, 6.45) is 7.50. The van der Waals surface area contributed by atoms with Gasteiger partial charge >= 0.3 is 0 Å². The van der Waals surface area contributed by atoms with Crippen LogP contribution in [0.1, 0.15) is 40.0 Å². The van der Waals surface area contributed by atoms with Gasteiger partial charge in [-0.25, -0.2) is 0 Å². The Morgan fingerprint density at radius 3 is 2.67 bits per heavy atom. The molecule has 3 atom stereocenters. The number of anilines is 1. The van der Waals surface area contributed by atoms with E-state index in [-0.39, 0.29) is 5.41 Å². The fraction of sp³-hybridized carbons (Fsp3) is 0.667. The Bertz CT molecular complexity index is 471. The van der Waals surface area contributed by atoms with Gasteiger partial charge in [-0.15, -0.1) is 0 Å². The fourth-order valence-electron chi connectivity index (χ4n) is 3.97. The van der Waals surface area contributed by atoms with Crippen molar-refractivity contribution in [2.45, 2.75) is 46.1 Å². The number of aromatic nitrogens is 1. The summed E-state index contributed by atoms with van der Waals surface area (Å²) in [6, 6.07) is 1.87. The fourth-order valence-corrected chi connectivity index (χ4v) is 3.97. The maximum atomic E-state index is 6.19. The van der Waals surface area contributed by atoms with Crippen molar-refractivity contribution in [1.29, 1.82) is 0 Å². The summed E-state index contributed by atoms with van der Waals surface area (Å²) < 4.78 is 6.19. The van der Waals surface area contributed by atoms with Crippen molar-refractivity contribution in [3.05, 3.63) is 18.5 Å². The third-order valence-corrected chi connectivity index (χ3v) is 5.73. The Morgan fingerprint density at radius 1 is 1.33 bits per heavy atom. The smallest absolute Gasteiger partial charge is 0.140 e. The third kappa shape index (κ3) is 1.46. The van der Waals surface area contributed by atoms with Crippen molar-refractivity contribution in [3.63, 3.8) is 0 Å². The Morgan fingerprint density at radius 2 is 2.11 bits per heavy atom. The summed E-state index contributed by atoms with van der Waals surface area (Å²) in [4.78, 5) is 4.10. The van der Waals surface area contributed by atoms with Gasteiger partial charge in [0.1, 0.15) is 11.9 Å². The molecule has 2 fully saturated rings. The van der Waals surface area contributed by atoms with E-state index in [9.17, 15) is 0 Å². The van der Waals surface area contributed by atoms with Crippen molar-refractivity contribution in [1.82, 2.24) is 4.98 Å². The molecule has 2 aliphatic carbocycles. The monoisotopic (exact) mass is 246 g/mol. The normalized spacial score (nSPS) is 36.8. The molecule has 1 aromatic heterocycles. The molecule has 2 bridgehead atoms. The van der Waals surface area contributed by atoms with E-state index in [1.54, 1.807) is 12.4 Å². The maximum absolute atomic E-state index is 6.19. The van der Waals surface area contributed by atoms with E-state index in [1.807, 2.05) is 6.07 Å². The topological polar surface area (TPSA) is 48.1 Å². The molecule has 1 heterocycles. The lowest BCUT2D eigenvalue weighted by atomic mass is 9.70. The van der Waals surface area contributed by atoms with E-state index in [1.165, 1.54) is 12.8 Å². The highest BCUT2D eigenvalue weighted by Gasteiger charge is 2.62. The quantitative estimate of drug-likeness (QED) is 0.871. The van der Waals surface area contributed by atoms with E-state index in [0.29, 0.717) is 17.2 Å². The minimum absolute atomic E-state index is 0.280. The molecule has 2 N–H and O–H groups in total. The van der Waals surface area contributed by atoms with E-state index in [0.717, 1.165) is 18.1 Å². The van der Waals surface area contributed by atoms with Gasteiger partial charge in [-0.05, 0) is 30.6 Å². The molecule has 3 unspecified atom stereocenters. The van der Waals surface area contributed by atoms with Crippen molar-refractivity contribution in [2.75, 3.05) is 5.73 Å². The second-order valence-corrected chi connectivity index (χ2v) is 6.67. The first-order valence-corrected chi connectivity index (χ1v) is 6.81. The van der Waals surface area contributed by atoms with Crippen molar-refractivity contribution < 1.29 is 4.74 Å². The van der Waals surface area contributed by atoms with Crippen LogP contribution < -0.4 is 10.5 Å². The Labute approximate surface area is 109 Å². The number of nitrogen functional groups attached to an aromatic ring is 1. The van der Waals surface area contributed by atoms with Crippen molar-refractivity contribution >= 4 is 5.69 Å². The van der Waals surface area contributed by atoms with Crippen LogP contribution in [0.25, 0.3) is 0 Å². The highest BCUT2D eigenvalue weighted by molar-refractivity contribution is 5.40. The number of rotatable bonds is 2. The van der Waals surface area contributed by atoms with Gasteiger partial charge in [0.2, 0.25) is 0 Å². The van der Waals surface area contributed by atoms with Crippen LogP contribution in [0.2, 0.25) is 0 Å². The van der Waals surface area contributed by atoms with Gasteiger partial charge in [-0.3, -0.25) is 4.98 Å². The van der Waals surface area contributed by atoms with Crippen LogP contribution in [-0.2, 0) is 0 Å². The number of nitrogens with zero attached hydrogens (tertiary/aromatic N) is 1. The lowest BCUT2D eigenvalue weighted by molar-refractivity contribution is 0.0300. The lowest BCUT2D eigenvalue weighted by Gasteiger charge is -2.38. The summed E-state index contributed by atoms with van der Waals surface area (Å²) in [5.41, 5.74) is 7.08. The number of hydrogen-bond donors (Lipinski definition) is 1. The molecule has 0 aromatic carbocycles. The molecule has 0 aliphatic heterocycles. The largest absolute Gasteiger partial charge is 0.488 e. The average molecular weight is 246 g/mol. The van der Waals surface area contributed by atoms with Crippen molar-refractivity contribution in [3.8, 4) is 5.75 Å².